The van der Waals surface area contributed by atoms with Crippen LogP contribution in [-0.2, 0) is 4.74 Å². The summed E-state index contributed by atoms with van der Waals surface area (Å²) >= 11 is 0. The van der Waals surface area contributed by atoms with Gasteiger partial charge < -0.3 is 14.5 Å². The lowest BCUT2D eigenvalue weighted by atomic mass is 10.2. The van der Waals surface area contributed by atoms with Crippen molar-refractivity contribution in [3.8, 4) is 0 Å². The second-order valence-corrected chi connectivity index (χ2v) is 7.70. The van der Waals surface area contributed by atoms with Crippen molar-refractivity contribution in [1.82, 2.24) is 19.9 Å². The van der Waals surface area contributed by atoms with Crippen molar-refractivity contribution in [2.24, 2.45) is 0 Å². The summed E-state index contributed by atoms with van der Waals surface area (Å²) in [5.41, 5.74) is 2.55. The highest BCUT2D eigenvalue weighted by Gasteiger charge is 2.34. The van der Waals surface area contributed by atoms with E-state index in [1.54, 1.807) is 4.90 Å². The first kappa shape index (κ1) is 20.1. The molecule has 0 aromatic carbocycles. The average Bonchev–Trinajstić information content (AvgIpc) is 3.14. The van der Waals surface area contributed by atoms with E-state index in [1.807, 2.05) is 20.0 Å². The van der Waals surface area contributed by atoms with Crippen molar-refractivity contribution < 1.29 is 14.3 Å². The average molecular weight is 410 g/mol. The fourth-order valence-corrected chi connectivity index (χ4v) is 3.92. The van der Waals surface area contributed by atoms with Crippen LogP contribution in [0.5, 0.6) is 0 Å². The number of amides is 2. The Hall–Kier alpha value is -3.23. The second-order valence-electron chi connectivity index (χ2n) is 7.70. The van der Waals surface area contributed by atoms with Gasteiger partial charge in [-0.3, -0.25) is 9.69 Å². The summed E-state index contributed by atoms with van der Waals surface area (Å²) in [6.07, 6.45) is 5.11. The number of cyclic esters (lactones) is 1. The molecule has 2 amide bonds. The lowest BCUT2D eigenvalue weighted by molar-refractivity contribution is 0.0740. The summed E-state index contributed by atoms with van der Waals surface area (Å²) in [6.45, 7) is 9.03. The number of aryl methyl sites for hydroxylation is 2. The third-order valence-electron chi connectivity index (χ3n) is 5.59. The number of pyridine rings is 1. The van der Waals surface area contributed by atoms with E-state index in [1.165, 1.54) is 17.3 Å². The van der Waals surface area contributed by atoms with E-state index in [2.05, 4.69) is 32.8 Å². The predicted molar refractivity (Wildman–Crippen MR) is 112 cm³/mol. The van der Waals surface area contributed by atoms with Gasteiger partial charge in [0.1, 0.15) is 18.1 Å². The Balaban J connectivity index is 1.40. The zero-order valence-electron chi connectivity index (χ0n) is 17.5. The molecule has 2 saturated heterocycles. The summed E-state index contributed by atoms with van der Waals surface area (Å²) in [5.74, 6) is 1.23. The molecule has 4 rings (SSSR count). The monoisotopic (exact) mass is 410 g/mol. The standard InChI is InChI=1S/C21H26N6O3/c1-4-16-13-30-21(29)27(16)18-12-22-17(11-23-18)20(28)26-7-5-25(6-8-26)19-15(3)9-14(2)10-24-19/h9-12,16H,4-8,13H2,1-3H3/t16-/m1/s1. The molecule has 0 aliphatic carbocycles. The molecule has 9 heteroatoms. The summed E-state index contributed by atoms with van der Waals surface area (Å²) < 4.78 is 5.09. The largest absolute Gasteiger partial charge is 0.447 e. The quantitative estimate of drug-likeness (QED) is 0.763. The fourth-order valence-electron chi connectivity index (χ4n) is 3.92. The van der Waals surface area contributed by atoms with Gasteiger partial charge in [0.15, 0.2) is 5.82 Å². The molecule has 9 nitrogen and oxygen atoms in total. The van der Waals surface area contributed by atoms with Crippen LogP contribution in [0.25, 0.3) is 0 Å². The van der Waals surface area contributed by atoms with Crippen LogP contribution < -0.4 is 9.80 Å². The molecule has 2 fully saturated rings. The number of piperazine rings is 1. The molecule has 2 aromatic rings. The topological polar surface area (TPSA) is 91.8 Å². The van der Waals surface area contributed by atoms with Gasteiger partial charge in [-0.2, -0.15) is 0 Å². The molecule has 0 spiro atoms. The van der Waals surface area contributed by atoms with Crippen LogP contribution >= 0.6 is 0 Å². The first-order chi connectivity index (χ1) is 14.5. The molecule has 0 saturated carbocycles. The van der Waals surface area contributed by atoms with Crippen LogP contribution in [0.3, 0.4) is 0 Å². The van der Waals surface area contributed by atoms with Crippen molar-refractivity contribution in [2.45, 2.75) is 33.2 Å². The number of nitrogens with zero attached hydrogens (tertiary/aromatic N) is 6. The van der Waals surface area contributed by atoms with Gasteiger partial charge in [-0.25, -0.2) is 19.7 Å². The highest BCUT2D eigenvalue weighted by molar-refractivity contribution is 5.93. The fraction of sp³-hybridized carbons (Fsp3) is 0.476. The Morgan fingerprint density at radius 2 is 1.87 bits per heavy atom. The van der Waals surface area contributed by atoms with Crippen molar-refractivity contribution >= 4 is 23.6 Å². The Morgan fingerprint density at radius 3 is 2.50 bits per heavy atom. The van der Waals surface area contributed by atoms with Crippen LogP contribution in [-0.4, -0.2) is 70.7 Å². The molecule has 30 heavy (non-hydrogen) atoms. The third-order valence-corrected chi connectivity index (χ3v) is 5.59. The Bertz CT molecular complexity index is 940. The number of anilines is 2. The van der Waals surface area contributed by atoms with E-state index in [0.29, 0.717) is 38.6 Å². The highest BCUT2D eigenvalue weighted by Crippen LogP contribution is 2.23. The number of carbonyl (C=O) groups excluding carboxylic acids is 2. The number of carbonyl (C=O) groups is 2. The smallest absolute Gasteiger partial charge is 0.415 e. The van der Waals surface area contributed by atoms with Crippen LogP contribution in [0.1, 0.15) is 35.0 Å². The molecule has 0 radical (unpaired) electrons. The molecule has 0 bridgehead atoms. The highest BCUT2D eigenvalue weighted by atomic mass is 16.6. The van der Waals surface area contributed by atoms with Crippen molar-refractivity contribution in [3.05, 3.63) is 41.5 Å². The van der Waals surface area contributed by atoms with Gasteiger partial charge in [-0.05, 0) is 31.4 Å². The van der Waals surface area contributed by atoms with Gasteiger partial charge in [-0.1, -0.05) is 13.0 Å². The Morgan fingerprint density at radius 1 is 1.10 bits per heavy atom. The number of hydrogen-bond donors (Lipinski definition) is 0. The van der Waals surface area contributed by atoms with Gasteiger partial charge in [-0.15, -0.1) is 0 Å². The van der Waals surface area contributed by atoms with Gasteiger partial charge in [0.2, 0.25) is 0 Å². The van der Waals surface area contributed by atoms with E-state index in [9.17, 15) is 9.59 Å². The van der Waals surface area contributed by atoms with E-state index < -0.39 is 6.09 Å². The Labute approximate surface area is 175 Å². The summed E-state index contributed by atoms with van der Waals surface area (Å²) in [7, 11) is 0. The minimum absolute atomic E-state index is 0.0553. The van der Waals surface area contributed by atoms with Crippen LogP contribution in [0.4, 0.5) is 16.4 Å². The lowest BCUT2D eigenvalue weighted by Gasteiger charge is -2.35. The number of rotatable bonds is 4. The Kier molecular flexibility index (Phi) is 5.52. The molecule has 158 valence electrons. The molecular weight excluding hydrogens is 384 g/mol. The van der Waals surface area contributed by atoms with Crippen LogP contribution in [0.2, 0.25) is 0 Å². The zero-order valence-corrected chi connectivity index (χ0v) is 17.5. The van der Waals surface area contributed by atoms with E-state index in [-0.39, 0.29) is 17.6 Å². The first-order valence-corrected chi connectivity index (χ1v) is 10.2. The van der Waals surface area contributed by atoms with E-state index in [0.717, 1.165) is 23.4 Å². The maximum absolute atomic E-state index is 12.9. The summed E-state index contributed by atoms with van der Waals surface area (Å²) in [4.78, 5) is 43.4. The molecule has 2 aliphatic rings. The van der Waals surface area contributed by atoms with Crippen LogP contribution in [0.15, 0.2) is 24.7 Å². The molecule has 2 aromatic heterocycles. The molecule has 4 heterocycles. The maximum atomic E-state index is 12.9. The zero-order chi connectivity index (χ0) is 21.3. The summed E-state index contributed by atoms with van der Waals surface area (Å²) in [5, 5.41) is 0. The van der Waals surface area contributed by atoms with Gasteiger partial charge >= 0.3 is 6.09 Å². The van der Waals surface area contributed by atoms with Gasteiger partial charge in [0.05, 0.1) is 18.4 Å². The van der Waals surface area contributed by atoms with Gasteiger partial charge in [0.25, 0.3) is 5.91 Å². The van der Waals surface area contributed by atoms with E-state index >= 15 is 0 Å². The molecule has 2 aliphatic heterocycles. The minimum Gasteiger partial charge on any atom is -0.447 e. The lowest BCUT2D eigenvalue weighted by Crippen LogP contribution is -2.49. The normalized spacial score (nSPS) is 19.2. The van der Waals surface area contributed by atoms with Crippen LogP contribution in [0, 0.1) is 13.8 Å². The number of ether oxygens (including phenoxy) is 1. The van der Waals surface area contributed by atoms with Crippen molar-refractivity contribution in [1.29, 1.82) is 0 Å². The molecule has 0 N–H and O–H groups in total. The SMILES string of the molecule is CC[C@@H]1COC(=O)N1c1cnc(C(=O)N2CCN(c3ncc(C)cc3C)CC2)cn1. The number of aromatic nitrogens is 3. The van der Waals surface area contributed by atoms with Gasteiger partial charge in [0, 0.05) is 32.4 Å². The molecule has 1 atom stereocenters. The predicted octanol–water partition coefficient (Wildman–Crippen LogP) is 2.19. The minimum atomic E-state index is -0.425. The summed E-state index contributed by atoms with van der Waals surface area (Å²) in [6, 6.07) is 2.07. The molecular formula is C21H26N6O3. The van der Waals surface area contributed by atoms with E-state index in [4.69, 9.17) is 4.74 Å². The third kappa shape index (κ3) is 3.79. The first-order valence-electron chi connectivity index (χ1n) is 10.2. The number of hydrogen-bond acceptors (Lipinski definition) is 7. The maximum Gasteiger partial charge on any atom is 0.415 e. The van der Waals surface area contributed by atoms with Crippen molar-refractivity contribution in [3.63, 3.8) is 0 Å². The molecule has 0 unspecified atom stereocenters. The second kappa shape index (κ2) is 8.25. The van der Waals surface area contributed by atoms with Crippen molar-refractivity contribution in [2.75, 3.05) is 42.6 Å².